The van der Waals surface area contributed by atoms with E-state index in [1.807, 2.05) is 0 Å². The third-order valence-electron chi connectivity index (χ3n) is 1.34. The molecular weight excluding hydrogens is 241 g/mol. The molecule has 0 aliphatic carbocycles. The summed E-state index contributed by atoms with van der Waals surface area (Å²) in [5, 5.41) is 11.4. The minimum atomic E-state index is -0.780. The molecule has 0 bridgehead atoms. The van der Waals surface area contributed by atoms with Gasteiger partial charge in [0.05, 0.1) is 4.47 Å². The van der Waals surface area contributed by atoms with Gasteiger partial charge in [-0.25, -0.2) is 4.39 Å². The first-order valence-electron chi connectivity index (χ1n) is 3.46. The number of rotatable bonds is 1. The number of phenols is 1. The third kappa shape index (κ3) is 2.42. The maximum atomic E-state index is 12.9. The molecule has 0 heterocycles. The van der Waals surface area contributed by atoms with E-state index < -0.39 is 11.6 Å². The molecule has 13 heavy (non-hydrogen) atoms. The molecule has 1 amide bonds. The Kier molecular flexibility index (Phi) is 2.87. The molecular formula is C8H7BrFNO2. The van der Waals surface area contributed by atoms with Crippen molar-refractivity contribution >= 4 is 27.5 Å². The number of carbonyl (C=O) groups is 1. The van der Waals surface area contributed by atoms with Gasteiger partial charge in [0.1, 0.15) is 0 Å². The average molecular weight is 248 g/mol. The number of aromatic hydroxyl groups is 1. The highest BCUT2D eigenvalue weighted by atomic mass is 79.9. The second kappa shape index (κ2) is 3.74. The highest BCUT2D eigenvalue weighted by Gasteiger charge is 2.07. The number of phenolic OH excluding ortho intramolecular Hbond substituents is 1. The van der Waals surface area contributed by atoms with Crippen LogP contribution in [0.25, 0.3) is 0 Å². The summed E-state index contributed by atoms with van der Waals surface area (Å²) in [4.78, 5) is 10.6. The van der Waals surface area contributed by atoms with Gasteiger partial charge in [-0.15, -0.1) is 0 Å². The second-order valence-corrected chi connectivity index (χ2v) is 3.32. The van der Waals surface area contributed by atoms with Crippen molar-refractivity contribution in [3.05, 3.63) is 22.4 Å². The lowest BCUT2D eigenvalue weighted by Gasteiger charge is -2.04. The van der Waals surface area contributed by atoms with Crippen molar-refractivity contribution in [2.45, 2.75) is 6.92 Å². The van der Waals surface area contributed by atoms with Gasteiger partial charge in [-0.2, -0.15) is 0 Å². The summed E-state index contributed by atoms with van der Waals surface area (Å²) in [6.07, 6.45) is 0. The number of carbonyl (C=O) groups excluding carboxylic acids is 1. The van der Waals surface area contributed by atoms with Crippen LogP contribution >= 0.6 is 15.9 Å². The van der Waals surface area contributed by atoms with E-state index in [-0.39, 0.29) is 10.4 Å². The minimum absolute atomic E-state index is 0.205. The first-order valence-corrected chi connectivity index (χ1v) is 4.25. The number of hydrogen-bond donors (Lipinski definition) is 2. The number of hydrogen-bond acceptors (Lipinski definition) is 2. The van der Waals surface area contributed by atoms with Gasteiger partial charge in [-0.05, 0) is 22.0 Å². The van der Waals surface area contributed by atoms with Gasteiger partial charge < -0.3 is 10.4 Å². The summed E-state index contributed by atoms with van der Waals surface area (Å²) in [5.74, 6) is -1.54. The van der Waals surface area contributed by atoms with E-state index in [4.69, 9.17) is 5.11 Å². The molecule has 0 spiro atoms. The summed E-state index contributed by atoms with van der Waals surface area (Å²) in [6.45, 7) is 1.32. The van der Waals surface area contributed by atoms with Gasteiger partial charge in [-0.3, -0.25) is 4.79 Å². The van der Waals surface area contributed by atoms with E-state index >= 15 is 0 Å². The first-order chi connectivity index (χ1) is 6.00. The molecule has 0 saturated carbocycles. The lowest BCUT2D eigenvalue weighted by atomic mass is 10.3. The Morgan fingerprint density at radius 2 is 2.23 bits per heavy atom. The molecule has 0 aliphatic heterocycles. The number of benzene rings is 1. The standard InChI is InChI=1S/C8H7BrFNO2/c1-4(12)11-5-2-6(9)8(13)7(10)3-5/h2-3,13H,1H3,(H,11,12). The first kappa shape index (κ1) is 9.98. The molecule has 1 aromatic rings. The molecule has 0 unspecified atom stereocenters. The van der Waals surface area contributed by atoms with E-state index in [0.717, 1.165) is 6.07 Å². The highest BCUT2D eigenvalue weighted by molar-refractivity contribution is 9.10. The number of nitrogens with one attached hydrogen (secondary N) is 1. The fourth-order valence-corrected chi connectivity index (χ4v) is 1.28. The molecule has 0 saturated heterocycles. The molecule has 70 valence electrons. The van der Waals surface area contributed by atoms with Crippen LogP contribution in [0.1, 0.15) is 6.92 Å². The molecule has 0 radical (unpaired) electrons. The van der Waals surface area contributed by atoms with Crippen molar-refractivity contribution in [3.8, 4) is 5.75 Å². The second-order valence-electron chi connectivity index (χ2n) is 2.47. The molecule has 0 fully saturated rings. The summed E-state index contributed by atoms with van der Waals surface area (Å²) >= 11 is 2.95. The van der Waals surface area contributed by atoms with Crippen molar-refractivity contribution in [1.29, 1.82) is 0 Å². The Labute approximate surface area is 82.7 Å². The van der Waals surface area contributed by atoms with Crippen LogP contribution in [0.5, 0.6) is 5.75 Å². The monoisotopic (exact) mass is 247 g/mol. The number of halogens is 2. The zero-order valence-electron chi connectivity index (χ0n) is 6.77. The Bertz CT molecular complexity index is 331. The van der Waals surface area contributed by atoms with Crippen LogP contribution in [0.2, 0.25) is 0 Å². The zero-order chi connectivity index (χ0) is 10.0. The Hall–Kier alpha value is -1.10. The average Bonchev–Trinajstić information content (AvgIpc) is 1.98. The van der Waals surface area contributed by atoms with Crippen molar-refractivity contribution in [2.24, 2.45) is 0 Å². The van der Waals surface area contributed by atoms with Crippen molar-refractivity contribution < 1.29 is 14.3 Å². The fourth-order valence-electron chi connectivity index (χ4n) is 0.841. The van der Waals surface area contributed by atoms with E-state index in [1.165, 1.54) is 13.0 Å². The number of amides is 1. The molecule has 0 aromatic heterocycles. The molecule has 5 heteroatoms. The van der Waals surface area contributed by atoms with Crippen LogP contribution in [0.4, 0.5) is 10.1 Å². The molecule has 1 rings (SSSR count). The van der Waals surface area contributed by atoms with Crippen molar-refractivity contribution in [2.75, 3.05) is 5.32 Å². The van der Waals surface area contributed by atoms with Crippen molar-refractivity contribution in [3.63, 3.8) is 0 Å². The molecule has 0 aliphatic rings. The quantitative estimate of drug-likeness (QED) is 0.749. The van der Waals surface area contributed by atoms with Gasteiger partial charge in [-0.1, -0.05) is 0 Å². The minimum Gasteiger partial charge on any atom is -0.504 e. The topological polar surface area (TPSA) is 49.3 Å². The third-order valence-corrected chi connectivity index (χ3v) is 1.94. The van der Waals surface area contributed by atoms with Gasteiger partial charge in [0.2, 0.25) is 5.91 Å². The number of anilines is 1. The van der Waals surface area contributed by atoms with Gasteiger partial charge in [0, 0.05) is 18.7 Å². The lowest BCUT2D eigenvalue weighted by molar-refractivity contribution is -0.114. The molecule has 1 aromatic carbocycles. The Morgan fingerprint density at radius 3 is 2.69 bits per heavy atom. The zero-order valence-corrected chi connectivity index (χ0v) is 8.35. The van der Waals surface area contributed by atoms with E-state index in [0.29, 0.717) is 5.69 Å². The molecule has 3 nitrogen and oxygen atoms in total. The normalized spacial score (nSPS) is 9.77. The molecule has 2 N–H and O–H groups in total. The van der Waals surface area contributed by atoms with Gasteiger partial charge >= 0.3 is 0 Å². The molecule has 0 atom stereocenters. The van der Waals surface area contributed by atoms with E-state index in [9.17, 15) is 9.18 Å². The fraction of sp³-hybridized carbons (Fsp3) is 0.125. The van der Waals surface area contributed by atoms with Crippen LogP contribution in [-0.4, -0.2) is 11.0 Å². The smallest absolute Gasteiger partial charge is 0.221 e. The lowest BCUT2D eigenvalue weighted by Crippen LogP contribution is -2.05. The van der Waals surface area contributed by atoms with Gasteiger partial charge in [0.25, 0.3) is 0 Å². The van der Waals surface area contributed by atoms with E-state index in [1.54, 1.807) is 0 Å². The Morgan fingerprint density at radius 1 is 1.62 bits per heavy atom. The van der Waals surface area contributed by atoms with Gasteiger partial charge in [0.15, 0.2) is 11.6 Å². The highest BCUT2D eigenvalue weighted by Crippen LogP contribution is 2.30. The van der Waals surface area contributed by atoms with Crippen LogP contribution in [0, 0.1) is 5.82 Å². The van der Waals surface area contributed by atoms with Crippen LogP contribution < -0.4 is 5.32 Å². The SMILES string of the molecule is CC(=O)Nc1cc(F)c(O)c(Br)c1. The maximum absolute atomic E-state index is 12.9. The van der Waals surface area contributed by atoms with Crippen molar-refractivity contribution in [1.82, 2.24) is 0 Å². The Balaban J connectivity index is 3.06. The summed E-state index contributed by atoms with van der Waals surface area (Å²) in [5.41, 5.74) is 0.301. The summed E-state index contributed by atoms with van der Waals surface area (Å²) < 4.78 is 13.1. The predicted octanol–water partition coefficient (Wildman–Crippen LogP) is 2.25. The van der Waals surface area contributed by atoms with Crippen LogP contribution in [-0.2, 0) is 4.79 Å². The maximum Gasteiger partial charge on any atom is 0.221 e. The van der Waals surface area contributed by atoms with Crippen LogP contribution in [0.3, 0.4) is 0 Å². The largest absolute Gasteiger partial charge is 0.504 e. The predicted molar refractivity (Wildman–Crippen MR) is 50.1 cm³/mol. The summed E-state index contributed by atoms with van der Waals surface area (Å²) in [6, 6.07) is 2.46. The summed E-state index contributed by atoms with van der Waals surface area (Å²) in [7, 11) is 0. The van der Waals surface area contributed by atoms with Crippen LogP contribution in [0.15, 0.2) is 16.6 Å². The van der Waals surface area contributed by atoms with E-state index in [2.05, 4.69) is 21.2 Å².